The highest BCUT2D eigenvalue weighted by Crippen LogP contribution is 2.22. The number of nitrogens with one attached hydrogen (secondary N) is 2. The molecule has 1 heterocycles. The fourth-order valence-electron chi connectivity index (χ4n) is 2.55. The van der Waals surface area contributed by atoms with Crippen LogP contribution in [0.4, 0.5) is 4.39 Å². The third kappa shape index (κ3) is 3.91. The molecule has 0 spiro atoms. The van der Waals surface area contributed by atoms with Crippen LogP contribution in [0.25, 0.3) is 0 Å². The third-order valence-electron chi connectivity index (χ3n) is 3.31. The summed E-state index contributed by atoms with van der Waals surface area (Å²) in [4.78, 5) is 0.194. The van der Waals surface area contributed by atoms with Gasteiger partial charge in [-0.3, -0.25) is 0 Å². The van der Waals surface area contributed by atoms with Gasteiger partial charge >= 0.3 is 0 Å². The highest BCUT2D eigenvalue weighted by atomic mass is 35.5. The Morgan fingerprint density at radius 3 is 2.40 bits per heavy atom. The van der Waals surface area contributed by atoms with Crippen LogP contribution in [0.5, 0.6) is 0 Å². The number of aryl methyl sites for hydroxylation is 2. The lowest BCUT2D eigenvalue weighted by Gasteiger charge is -2.24. The van der Waals surface area contributed by atoms with Gasteiger partial charge < -0.3 is 5.32 Å². The zero-order chi connectivity index (χ0) is 14.0. The standard InChI is InChI=1S/C13H19FN2O2S.ClH/c1-9-6-11(14)7-10(2)13(9)19(17,18)16-12-4-3-5-15-8-12;/h6-7,12,15-16H,3-5,8H2,1-2H3;1H/t12-;/m0./s1. The maximum absolute atomic E-state index is 13.2. The van der Waals surface area contributed by atoms with Gasteiger partial charge in [0.15, 0.2) is 0 Å². The van der Waals surface area contributed by atoms with E-state index in [0.29, 0.717) is 17.7 Å². The van der Waals surface area contributed by atoms with Crippen LogP contribution in [-0.2, 0) is 10.0 Å². The molecule has 114 valence electrons. The van der Waals surface area contributed by atoms with E-state index in [9.17, 15) is 12.8 Å². The van der Waals surface area contributed by atoms with Crippen LogP contribution in [0, 0.1) is 19.7 Å². The van der Waals surface area contributed by atoms with Gasteiger partial charge in [0, 0.05) is 12.6 Å². The molecule has 1 fully saturated rings. The number of rotatable bonds is 3. The summed E-state index contributed by atoms with van der Waals surface area (Å²) >= 11 is 0. The second kappa shape index (κ2) is 6.85. The Morgan fingerprint density at radius 2 is 1.90 bits per heavy atom. The van der Waals surface area contributed by atoms with Crippen molar-refractivity contribution in [2.75, 3.05) is 13.1 Å². The molecule has 0 saturated carbocycles. The summed E-state index contributed by atoms with van der Waals surface area (Å²) in [5, 5.41) is 3.16. The Balaban J connectivity index is 0.00000200. The van der Waals surface area contributed by atoms with Crippen LogP contribution in [0.2, 0.25) is 0 Å². The molecular formula is C13H20ClFN2O2S. The van der Waals surface area contributed by atoms with Gasteiger partial charge in [0.05, 0.1) is 4.90 Å². The highest BCUT2D eigenvalue weighted by molar-refractivity contribution is 7.89. The third-order valence-corrected chi connectivity index (χ3v) is 5.14. The molecule has 0 unspecified atom stereocenters. The van der Waals surface area contributed by atoms with Gasteiger partial charge in [-0.2, -0.15) is 0 Å². The fourth-order valence-corrected chi connectivity index (χ4v) is 4.28. The van der Waals surface area contributed by atoms with E-state index in [1.54, 1.807) is 13.8 Å². The fraction of sp³-hybridized carbons (Fsp3) is 0.538. The van der Waals surface area contributed by atoms with E-state index < -0.39 is 15.8 Å². The first kappa shape index (κ1) is 17.4. The number of benzene rings is 1. The minimum atomic E-state index is -3.59. The highest BCUT2D eigenvalue weighted by Gasteiger charge is 2.25. The number of halogens is 2. The first-order chi connectivity index (χ1) is 8.90. The van der Waals surface area contributed by atoms with Crippen LogP contribution in [0.3, 0.4) is 0 Å². The molecule has 20 heavy (non-hydrogen) atoms. The maximum Gasteiger partial charge on any atom is 0.241 e. The predicted molar refractivity (Wildman–Crippen MR) is 79.3 cm³/mol. The maximum atomic E-state index is 13.2. The SMILES string of the molecule is Cc1cc(F)cc(C)c1S(=O)(=O)N[C@H]1CCCNC1.Cl. The van der Waals surface area contributed by atoms with Gasteiger partial charge in [-0.05, 0) is 56.5 Å². The van der Waals surface area contributed by atoms with Crippen molar-refractivity contribution in [1.82, 2.24) is 10.0 Å². The van der Waals surface area contributed by atoms with Crippen molar-refractivity contribution in [2.45, 2.75) is 37.6 Å². The Morgan fingerprint density at radius 1 is 1.30 bits per heavy atom. The summed E-state index contributed by atoms with van der Waals surface area (Å²) in [5.74, 6) is -0.409. The van der Waals surface area contributed by atoms with Crippen LogP contribution in [-0.4, -0.2) is 27.5 Å². The second-order valence-corrected chi connectivity index (χ2v) is 6.68. The Kier molecular flexibility index (Phi) is 5.94. The molecule has 1 saturated heterocycles. The van der Waals surface area contributed by atoms with Crippen molar-refractivity contribution in [3.8, 4) is 0 Å². The number of piperidine rings is 1. The lowest BCUT2D eigenvalue weighted by molar-refractivity contribution is 0.428. The van der Waals surface area contributed by atoms with E-state index >= 15 is 0 Å². The van der Waals surface area contributed by atoms with Crippen molar-refractivity contribution < 1.29 is 12.8 Å². The summed E-state index contributed by atoms with van der Waals surface area (Å²) in [7, 11) is -3.59. The molecule has 0 aliphatic carbocycles. The molecule has 0 radical (unpaired) electrons. The predicted octanol–water partition coefficient (Wildman–Crippen LogP) is 1.89. The Hall–Kier alpha value is -0.690. The summed E-state index contributed by atoms with van der Waals surface area (Å²) in [6.07, 6.45) is 1.78. The second-order valence-electron chi connectivity index (χ2n) is 5.03. The van der Waals surface area contributed by atoms with Crippen molar-refractivity contribution in [1.29, 1.82) is 0 Å². The average molecular weight is 323 g/mol. The van der Waals surface area contributed by atoms with Gasteiger partial charge in [0.1, 0.15) is 5.82 Å². The van der Waals surface area contributed by atoms with Crippen LogP contribution >= 0.6 is 12.4 Å². The molecule has 7 heteroatoms. The van der Waals surface area contributed by atoms with E-state index in [1.807, 2.05) is 0 Å². The van der Waals surface area contributed by atoms with Gasteiger partial charge in [-0.1, -0.05) is 0 Å². The van der Waals surface area contributed by atoms with Crippen LogP contribution in [0.15, 0.2) is 17.0 Å². The lowest BCUT2D eigenvalue weighted by Crippen LogP contribution is -2.45. The molecule has 1 aliphatic heterocycles. The number of hydrogen-bond donors (Lipinski definition) is 2. The monoisotopic (exact) mass is 322 g/mol. The van der Waals surface area contributed by atoms with E-state index in [0.717, 1.165) is 19.4 Å². The number of sulfonamides is 1. The normalized spacial score (nSPS) is 19.4. The summed E-state index contributed by atoms with van der Waals surface area (Å²) in [6, 6.07) is 2.41. The van der Waals surface area contributed by atoms with E-state index in [4.69, 9.17) is 0 Å². The zero-order valence-electron chi connectivity index (χ0n) is 11.6. The van der Waals surface area contributed by atoms with Crippen molar-refractivity contribution in [2.24, 2.45) is 0 Å². The van der Waals surface area contributed by atoms with Crippen molar-refractivity contribution >= 4 is 22.4 Å². The first-order valence-electron chi connectivity index (χ1n) is 6.40. The minimum absolute atomic E-state index is 0. The number of hydrogen-bond acceptors (Lipinski definition) is 3. The van der Waals surface area contributed by atoms with Gasteiger partial charge in [0.2, 0.25) is 10.0 Å². The topological polar surface area (TPSA) is 58.2 Å². The molecule has 2 N–H and O–H groups in total. The Labute approximate surface area is 125 Å². The minimum Gasteiger partial charge on any atom is -0.315 e. The lowest BCUT2D eigenvalue weighted by atomic mass is 10.1. The van der Waals surface area contributed by atoms with E-state index in [-0.39, 0.29) is 23.3 Å². The van der Waals surface area contributed by atoms with Crippen molar-refractivity contribution in [3.63, 3.8) is 0 Å². The molecule has 1 atom stereocenters. The zero-order valence-corrected chi connectivity index (χ0v) is 13.2. The van der Waals surface area contributed by atoms with Crippen LogP contribution in [0.1, 0.15) is 24.0 Å². The molecule has 4 nitrogen and oxygen atoms in total. The van der Waals surface area contributed by atoms with Gasteiger partial charge in [-0.25, -0.2) is 17.5 Å². The molecule has 1 aromatic rings. The molecule has 0 amide bonds. The Bertz CT molecular complexity index is 549. The van der Waals surface area contributed by atoms with Crippen molar-refractivity contribution in [3.05, 3.63) is 29.1 Å². The summed E-state index contributed by atoms with van der Waals surface area (Å²) < 4.78 is 40.7. The molecule has 2 rings (SSSR count). The smallest absolute Gasteiger partial charge is 0.241 e. The quantitative estimate of drug-likeness (QED) is 0.893. The molecule has 0 bridgehead atoms. The first-order valence-corrected chi connectivity index (χ1v) is 7.88. The molecular weight excluding hydrogens is 303 g/mol. The summed E-state index contributed by atoms with van der Waals surface area (Å²) in [5.41, 5.74) is 0.877. The van der Waals surface area contributed by atoms with Crippen LogP contribution < -0.4 is 10.0 Å². The largest absolute Gasteiger partial charge is 0.315 e. The van der Waals surface area contributed by atoms with E-state index in [1.165, 1.54) is 12.1 Å². The van der Waals surface area contributed by atoms with E-state index in [2.05, 4.69) is 10.0 Å². The van der Waals surface area contributed by atoms with Gasteiger partial charge in [0.25, 0.3) is 0 Å². The molecule has 1 aromatic carbocycles. The molecule has 0 aromatic heterocycles. The average Bonchev–Trinajstić information content (AvgIpc) is 2.27. The molecule has 1 aliphatic rings. The summed E-state index contributed by atoms with van der Waals surface area (Å²) in [6.45, 7) is 4.79. The van der Waals surface area contributed by atoms with Gasteiger partial charge in [-0.15, -0.1) is 12.4 Å².